The zero-order valence-electron chi connectivity index (χ0n) is 31.8. The summed E-state index contributed by atoms with van der Waals surface area (Å²) < 4.78 is 13.3. The third-order valence-corrected chi connectivity index (χ3v) is 12.8. The van der Waals surface area contributed by atoms with Crippen LogP contribution < -0.4 is 0 Å². The molecule has 8 aromatic carbocycles. The summed E-state index contributed by atoms with van der Waals surface area (Å²) in [4.78, 5) is 20.7. The molecule has 0 amide bonds. The minimum Gasteiger partial charge on any atom is -0.436 e. The van der Waals surface area contributed by atoms with Crippen molar-refractivity contribution < 1.29 is 4.42 Å². The summed E-state index contributed by atoms with van der Waals surface area (Å²) in [6.07, 6.45) is 0. The van der Waals surface area contributed by atoms with E-state index in [1.165, 1.54) is 20.2 Å². The highest BCUT2D eigenvalue weighted by molar-refractivity contribution is 7.25. The Morgan fingerprint density at radius 3 is 1.77 bits per heavy atom. The average molecular weight is 787 g/mol. The van der Waals surface area contributed by atoms with E-state index in [-0.39, 0.29) is 0 Å². The number of aromatic nitrogens is 6. The molecule has 0 N–H and O–H groups in total. The van der Waals surface area contributed by atoms with Crippen molar-refractivity contribution in [3.05, 3.63) is 182 Å². The first-order chi connectivity index (χ1) is 29.7. The molecule has 8 heteroatoms. The summed E-state index contributed by atoms with van der Waals surface area (Å²) in [5.74, 6) is 2.37. The molecule has 7 nitrogen and oxygen atoms in total. The molecule has 13 aromatic rings. The van der Waals surface area contributed by atoms with E-state index in [2.05, 4.69) is 149 Å². The van der Waals surface area contributed by atoms with E-state index < -0.39 is 0 Å². The lowest BCUT2D eigenvalue weighted by Crippen LogP contribution is -2.07. The lowest BCUT2D eigenvalue weighted by molar-refractivity contribution is 0.620. The number of hydrogen-bond acceptors (Lipinski definition) is 6. The van der Waals surface area contributed by atoms with Gasteiger partial charge in [-0.1, -0.05) is 109 Å². The molecule has 0 unspecified atom stereocenters. The van der Waals surface area contributed by atoms with E-state index in [1.807, 2.05) is 42.5 Å². The lowest BCUT2D eigenvalue weighted by atomic mass is 10.1. The fourth-order valence-corrected chi connectivity index (χ4v) is 9.99. The van der Waals surface area contributed by atoms with Crippen LogP contribution in [0.5, 0.6) is 0 Å². The van der Waals surface area contributed by atoms with Gasteiger partial charge in [0, 0.05) is 64.1 Å². The van der Waals surface area contributed by atoms with Gasteiger partial charge in [-0.25, -0.2) is 9.97 Å². The Labute approximate surface area is 346 Å². The van der Waals surface area contributed by atoms with Crippen LogP contribution in [0.3, 0.4) is 0 Å². The second-order valence-electron chi connectivity index (χ2n) is 15.1. The monoisotopic (exact) mass is 786 g/mol. The highest BCUT2D eigenvalue weighted by Gasteiger charge is 2.24. The minimum atomic E-state index is 0.552. The Morgan fingerprint density at radius 2 is 1.00 bits per heavy atom. The van der Waals surface area contributed by atoms with Gasteiger partial charge in [0.15, 0.2) is 17.2 Å². The van der Waals surface area contributed by atoms with Crippen LogP contribution in [-0.4, -0.2) is 29.1 Å². The molecule has 0 radical (unpaired) electrons. The third kappa shape index (κ3) is 4.95. The number of rotatable bonds is 5. The smallest absolute Gasteiger partial charge is 0.238 e. The van der Waals surface area contributed by atoms with Crippen LogP contribution in [0.4, 0.5) is 0 Å². The van der Waals surface area contributed by atoms with Crippen LogP contribution in [0.1, 0.15) is 0 Å². The van der Waals surface area contributed by atoms with E-state index in [0.29, 0.717) is 23.5 Å². The molecule has 0 aliphatic carbocycles. The molecule has 5 aromatic heterocycles. The maximum absolute atomic E-state index is 6.16. The predicted octanol–water partition coefficient (Wildman–Crippen LogP) is 13.6. The van der Waals surface area contributed by atoms with Crippen LogP contribution >= 0.6 is 11.3 Å². The van der Waals surface area contributed by atoms with Crippen molar-refractivity contribution in [3.8, 4) is 45.9 Å². The maximum atomic E-state index is 6.16. The van der Waals surface area contributed by atoms with Crippen molar-refractivity contribution in [3.63, 3.8) is 0 Å². The number of fused-ring (bicyclic) bond motifs is 11. The van der Waals surface area contributed by atoms with E-state index in [9.17, 15) is 0 Å². The first-order valence-electron chi connectivity index (χ1n) is 19.9. The number of benzene rings is 8. The zero-order valence-corrected chi connectivity index (χ0v) is 32.6. The summed E-state index contributed by atoms with van der Waals surface area (Å²) in [6, 6.07) is 63.4. The molecule has 13 rings (SSSR count). The molecule has 0 atom stereocenters. The van der Waals surface area contributed by atoms with Gasteiger partial charge in [-0.2, -0.15) is 9.97 Å². The van der Waals surface area contributed by atoms with E-state index >= 15 is 0 Å². The standard InChI is InChI=1S/C52H30N6OS/c1-2-12-31(13-3-1)49-54-50(33-24-29-46-40(30-33)37-16-6-11-21-45(37)60-46)56-52(55-49)58-43-19-9-5-15-36(43)39-28-27-38-35-14-4-8-18-42(35)57(47(38)48(39)58)34-25-22-32(23-26-34)51-53-41-17-7-10-20-44(41)59-51/h1-30H. The highest BCUT2D eigenvalue weighted by atomic mass is 32.1. The molecule has 0 aliphatic rings. The molecule has 0 bridgehead atoms. The normalized spacial score (nSPS) is 12.0. The molecular weight excluding hydrogens is 757 g/mol. The van der Waals surface area contributed by atoms with Gasteiger partial charge in [-0.05, 0) is 72.8 Å². The lowest BCUT2D eigenvalue weighted by Gasteiger charge is -2.13. The number of para-hydroxylation sites is 4. The van der Waals surface area contributed by atoms with Crippen molar-refractivity contribution in [1.29, 1.82) is 0 Å². The second kappa shape index (κ2) is 12.8. The Morgan fingerprint density at radius 1 is 0.400 bits per heavy atom. The van der Waals surface area contributed by atoms with Gasteiger partial charge < -0.3 is 8.98 Å². The largest absolute Gasteiger partial charge is 0.436 e. The van der Waals surface area contributed by atoms with Gasteiger partial charge in [0.05, 0.1) is 22.1 Å². The Hall–Kier alpha value is -7.94. The third-order valence-electron chi connectivity index (χ3n) is 11.6. The minimum absolute atomic E-state index is 0.552. The molecule has 0 aliphatic heterocycles. The van der Waals surface area contributed by atoms with Crippen molar-refractivity contribution >= 4 is 86.2 Å². The van der Waals surface area contributed by atoms with Gasteiger partial charge >= 0.3 is 0 Å². The van der Waals surface area contributed by atoms with E-state index in [4.69, 9.17) is 24.4 Å². The molecular formula is C52H30N6OS. The summed E-state index contributed by atoms with van der Waals surface area (Å²) in [5, 5.41) is 6.95. The SMILES string of the molecule is c1ccc(-c2nc(-c3ccc4sc5ccccc5c4c3)nc(-n3c4ccccc4c4ccc5c6ccccc6n(-c6ccc(-c7nc8ccccc8o7)cc6)c5c43)n2)cc1. The average Bonchev–Trinajstić information content (AvgIpc) is 4.08. The van der Waals surface area contributed by atoms with Gasteiger partial charge in [0.25, 0.3) is 0 Å². The zero-order chi connectivity index (χ0) is 39.3. The summed E-state index contributed by atoms with van der Waals surface area (Å²) in [7, 11) is 0. The summed E-state index contributed by atoms with van der Waals surface area (Å²) in [6.45, 7) is 0. The van der Waals surface area contributed by atoms with Crippen LogP contribution in [0.15, 0.2) is 186 Å². The molecule has 280 valence electrons. The molecule has 60 heavy (non-hydrogen) atoms. The van der Waals surface area contributed by atoms with Crippen LogP contribution in [-0.2, 0) is 0 Å². The topological polar surface area (TPSA) is 74.6 Å². The van der Waals surface area contributed by atoms with Crippen molar-refractivity contribution in [2.24, 2.45) is 0 Å². The molecule has 0 fully saturated rings. The Bertz CT molecular complexity index is 3810. The van der Waals surface area contributed by atoms with E-state index in [0.717, 1.165) is 77.1 Å². The number of thiophene rings is 1. The fraction of sp³-hybridized carbons (Fsp3) is 0. The first kappa shape index (κ1) is 33.1. The van der Waals surface area contributed by atoms with Gasteiger partial charge in [-0.15, -0.1) is 11.3 Å². The van der Waals surface area contributed by atoms with Crippen LogP contribution in [0.25, 0.3) is 121 Å². The van der Waals surface area contributed by atoms with E-state index in [1.54, 1.807) is 11.3 Å². The first-order valence-corrected chi connectivity index (χ1v) is 20.7. The molecule has 0 saturated carbocycles. The summed E-state index contributed by atoms with van der Waals surface area (Å²) in [5.41, 5.74) is 9.59. The quantitative estimate of drug-likeness (QED) is 0.174. The number of nitrogens with zero attached hydrogens (tertiary/aromatic N) is 6. The second-order valence-corrected chi connectivity index (χ2v) is 16.1. The Balaban J connectivity index is 1.09. The fourth-order valence-electron chi connectivity index (χ4n) is 8.90. The maximum Gasteiger partial charge on any atom is 0.238 e. The van der Waals surface area contributed by atoms with Crippen molar-refractivity contribution in [1.82, 2.24) is 29.1 Å². The molecule has 5 heterocycles. The van der Waals surface area contributed by atoms with Crippen molar-refractivity contribution in [2.45, 2.75) is 0 Å². The molecule has 0 saturated heterocycles. The Kier molecular flexibility index (Phi) is 7.05. The van der Waals surface area contributed by atoms with Crippen LogP contribution in [0, 0.1) is 0 Å². The van der Waals surface area contributed by atoms with Crippen molar-refractivity contribution in [2.75, 3.05) is 0 Å². The van der Waals surface area contributed by atoms with Crippen LogP contribution in [0.2, 0.25) is 0 Å². The number of oxazole rings is 1. The predicted molar refractivity (Wildman–Crippen MR) is 245 cm³/mol. The number of hydrogen-bond donors (Lipinski definition) is 0. The van der Waals surface area contributed by atoms with Gasteiger partial charge in [0.2, 0.25) is 11.8 Å². The van der Waals surface area contributed by atoms with Gasteiger partial charge in [0.1, 0.15) is 5.52 Å². The molecule has 0 spiro atoms. The highest BCUT2D eigenvalue weighted by Crippen LogP contribution is 2.42. The summed E-state index contributed by atoms with van der Waals surface area (Å²) >= 11 is 1.80. The van der Waals surface area contributed by atoms with Gasteiger partial charge in [-0.3, -0.25) is 4.57 Å².